The number of aromatic nitrogens is 2. The zero-order valence-corrected chi connectivity index (χ0v) is 7.58. The molecule has 0 fully saturated rings. The molecular formula is C10H7FN2O2. The average Bonchev–Trinajstić information content (AvgIpc) is 2.23. The first-order valence-electron chi connectivity index (χ1n) is 4.25. The fourth-order valence-corrected chi connectivity index (χ4v) is 1.27. The number of nitrogens with one attached hydrogen (secondary N) is 2. The summed E-state index contributed by atoms with van der Waals surface area (Å²) in [4.78, 5) is 27.0. The molecule has 15 heavy (non-hydrogen) atoms. The van der Waals surface area contributed by atoms with Crippen molar-refractivity contribution in [2.24, 2.45) is 0 Å². The standard InChI is InChI=1S/C10H7FN2O2/c11-7-3-4-8(14)13-9(7)6-2-1-5-12-10(6)15/h1-5H,(H,12,15)(H,13,14). The average molecular weight is 206 g/mol. The number of pyridine rings is 2. The Morgan fingerprint density at radius 2 is 1.93 bits per heavy atom. The van der Waals surface area contributed by atoms with Crippen LogP contribution in [0, 0.1) is 5.82 Å². The molecule has 0 aliphatic rings. The molecule has 2 aromatic heterocycles. The van der Waals surface area contributed by atoms with Crippen molar-refractivity contribution in [3.8, 4) is 11.3 Å². The van der Waals surface area contributed by atoms with Gasteiger partial charge in [-0.05, 0) is 18.2 Å². The van der Waals surface area contributed by atoms with Gasteiger partial charge in [0.05, 0.1) is 11.3 Å². The SMILES string of the molecule is O=c1ccc(F)c(-c2ccc[nH]c2=O)[nH]1. The van der Waals surface area contributed by atoms with Gasteiger partial charge in [0.1, 0.15) is 5.82 Å². The predicted molar refractivity (Wildman–Crippen MR) is 53.1 cm³/mol. The van der Waals surface area contributed by atoms with Crippen molar-refractivity contribution in [1.29, 1.82) is 0 Å². The minimum atomic E-state index is -0.633. The third kappa shape index (κ3) is 1.71. The van der Waals surface area contributed by atoms with Crippen LogP contribution < -0.4 is 11.1 Å². The van der Waals surface area contributed by atoms with Crippen LogP contribution in [0.1, 0.15) is 0 Å². The lowest BCUT2D eigenvalue weighted by Gasteiger charge is -2.00. The zero-order valence-electron chi connectivity index (χ0n) is 7.58. The third-order valence-electron chi connectivity index (χ3n) is 1.96. The van der Waals surface area contributed by atoms with Crippen LogP contribution in [0.15, 0.2) is 40.1 Å². The zero-order chi connectivity index (χ0) is 10.8. The van der Waals surface area contributed by atoms with Gasteiger partial charge in [-0.1, -0.05) is 0 Å². The Balaban J connectivity index is 2.75. The maximum absolute atomic E-state index is 13.3. The van der Waals surface area contributed by atoms with E-state index in [0.29, 0.717) is 0 Å². The van der Waals surface area contributed by atoms with Crippen LogP contribution in [0.4, 0.5) is 4.39 Å². The summed E-state index contributed by atoms with van der Waals surface area (Å²) in [7, 11) is 0. The van der Waals surface area contributed by atoms with Gasteiger partial charge in [0.15, 0.2) is 0 Å². The molecule has 2 heterocycles. The van der Waals surface area contributed by atoms with Crippen molar-refractivity contribution >= 4 is 0 Å². The quantitative estimate of drug-likeness (QED) is 0.727. The lowest BCUT2D eigenvalue weighted by Crippen LogP contribution is -2.13. The van der Waals surface area contributed by atoms with E-state index >= 15 is 0 Å². The van der Waals surface area contributed by atoms with Gasteiger partial charge < -0.3 is 9.97 Å². The molecule has 0 saturated heterocycles. The van der Waals surface area contributed by atoms with Gasteiger partial charge in [0.25, 0.3) is 5.56 Å². The molecule has 2 N–H and O–H groups in total. The number of rotatable bonds is 1. The molecule has 76 valence electrons. The minimum absolute atomic E-state index is 0.0932. The highest BCUT2D eigenvalue weighted by Crippen LogP contribution is 2.13. The van der Waals surface area contributed by atoms with Gasteiger partial charge in [-0.25, -0.2) is 4.39 Å². The van der Waals surface area contributed by atoms with Gasteiger partial charge in [0.2, 0.25) is 5.56 Å². The Hall–Kier alpha value is -2.17. The first kappa shape index (κ1) is 9.39. The van der Waals surface area contributed by atoms with Crippen LogP contribution in [0.3, 0.4) is 0 Å². The first-order valence-corrected chi connectivity index (χ1v) is 4.25. The fraction of sp³-hybridized carbons (Fsp3) is 0. The van der Waals surface area contributed by atoms with Gasteiger partial charge in [-0.3, -0.25) is 9.59 Å². The smallest absolute Gasteiger partial charge is 0.257 e. The second kappa shape index (κ2) is 3.53. The molecule has 0 unspecified atom stereocenters. The number of H-pyrrole nitrogens is 2. The van der Waals surface area contributed by atoms with Crippen molar-refractivity contribution in [3.05, 3.63) is 57.0 Å². The topological polar surface area (TPSA) is 65.7 Å². The molecule has 0 aromatic carbocycles. The fourth-order valence-electron chi connectivity index (χ4n) is 1.27. The van der Waals surface area contributed by atoms with Crippen molar-refractivity contribution < 1.29 is 4.39 Å². The summed E-state index contributed by atoms with van der Waals surface area (Å²) in [6.45, 7) is 0. The lowest BCUT2D eigenvalue weighted by molar-refractivity contribution is 0.624. The Morgan fingerprint density at radius 3 is 2.67 bits per heavy atom. The lowest BCUT2D eigenvalue weighted by atomic mass is 10.2. The first-order chi connectivity index (χ1) is 7.18. The Labute approximate surface area is 83.4 Å². The Kier molecular flexibility index (Phi) is 2.21. The van der Waals surface area contributed by atoms with Gasteiger partial charge >= 0.3 is 0 Å². The molecule has 2 rings (SSSR count). The molecule has 0 atom stereocenters. The molecule has 0 aliphatic heterocycles. The van der Waals surface area contributed by atoms with Crippen LogP contribution >= 0.6 is 0 Å². The van der Waals surface area contributed by atoms with Crippen LogP contribution in [-0.2, 0) is 0 Å². The van der Waals surface area contributed by atoms with Crippen molar-refractivity contribution in [1.82, 2.24) is 9.97 Å². The molecule has 0 saturated carbocycles. The van der Waals surface area contributed by atoms with Crippen LogP contribution in [0.2, 0.25) is 0 Å². The second-order valence-corrected chi connectivity index (χ2v) is 2.96. The summed E-state index contributed by atoms with van der Waals surface area (Å²) in [5.74, 6) is -0.633. The molecular weight excluding hydrogens is 199 g/mol. The highest BCUT2D eigenvalue weighted by Gasteiger charge is 2.08. The van der Waals surface area contributed by atoms with Gasteiger partial charge in [-0.15, -0.1) is 0 Å². The van der Waals surface area contributed by atoms with Crippen molar-refractivity contribution in [2.75, 3.05) is 0 Å². The highest BCUT2D eigenvalue weighted by molar-refractivity contribution is 5.57. The molecule has 5 heteroatoms. The Morgan fingerprint density at radius 1 is 1.13 bits per heavy atom. The molecule has 0 bridgehead atoms. The maximum Gasteiger partial charge on any atom is 0.257 e. The van der Waals surface area contributed by atoms with E-state index in [1.165, 1.54) is 12.3 Å². The predicted octanol–water partition coefficient (Wildman–Crippen LogP) is 0.869. The van der Waals surface area contributed by atoms with E-state index in [4.69, 9.17) is 0 Å². The Bertz CT molecular complexity index is 601. The molecule has 0 spiro atoms. The largest absolute Gasteiger partial charge is 0.329 e. The van der Waals surface area contributed by atoms with E-state index in [0.717, 1.165) is 12.1 Å². The van der Waals surface area contributed by atoms with Crippen molar-refractivity contribution in [2.45, 2.75) is 0 Å². The van der Waals surface area contributed by atoms with E-state index in [1.807, 2.05) is 0 Å². The summed E-state index contributed by atoms with van der Waals surface area (Å²) in [6, 6.07) is 5.09. The summed E-state index contributed by atoms with van der Waals surface area (Å²) in [6.07, 6.45) is 1.44. The molecule has 0 amide bonds. The molecule has 0 radical (unpaired) electrons. The van der Waals surface area contributed by atoms with Gasteiger partial charge in [0, 0.05) is 12.3 Å². The van der Waals surface area contributed by atoms with E-state index in [1.54, 1.807) is 6.07 Å². The summed E-state index contributed by atoms with van der Waals surface area (Å²) < 4.78 is 13.3. The van der Waals surface area contributed by atoms with E-state index in [9.17, 15) is 14.0 Å². The van der Waals surface area contributed by atoms with Crippen molar-refractivity contribution in [3.63, 3.8) is 0 Å². The normalized spacial score (nSPS) is 10.2. The number of hydrogen-bond donors (Lipinski definition) is 2. The highest BCUT2D eigenvalue weighted by atomic mass is 19.1. The third-order valence-corrected chi connectivity index (χ3v) is 1.96. The monoisotopic (exact) mass is 206 g/mol. The minimum Gasteiger partial charge on any atom is -0.329 e. The second-order valence-electron chi connectivity index (χ2n) is 2.96. The van der Waals surface area contributed by atoms with Crippen LogP contribution in [0.5, 0.6) is 0 Å². The van der Waals surface area contributed by atoms with E-state index < -0.39 is 16.9 Å². The van der Waals surface area contributed by atoms with E-state index in [-0.39, 0.29) is 11.3 Å². The van der Waals surface area contributed by atoms with Crippen LogP contribution in [0.25, 0.3) is 11.3 Å². The summed E-state index contributed by atoms with van der Waals surface area (Å²) in [5, 5.41) is 0. The summed E-state index contributed by atoms with van der Waals surface area (Å²) >= 11 is 0. The molecule has 2 aromatic rings. The van der Waals surface area contributed by atoms with Crippen LogP contribution in [-0.4, -0.2) is 9.97 Å². The van der Waals surface area contributed by atoms with Gasteiger partial charge in [-0.2, -0.15) is 0 Å². The van der Waals surface area contributed by atoms with E-state index in [2.05, 4.69) is 9.97 Å². The number of hydrogen-bond acceptors (Lipinski definition) is 2. The molecule has 4 nitrogen and oxygen atoms in total. The molecule has 0 aliphatic carbocycles. The number of halogens is 1. The maximum atomic E-state index is 13.3. The number of aromatic amines is 2. The summed E-state index contributed by atoms with van der Waals surface area (Å²) in [5.41, 5.74) is -0.884.